The molecule has 8 heteroatoms. The number of halogens is 2. The van der Waals surface area contributed by atoms with Crippen LogP contribution in [0.15, 0.2) is 36.5 Å². The van der Waals surface area contributed by atoms with E-state index in [1.165, 1.54) is 18.3 Å². The largest absolute Gasteiger partial charge is 0.366 e. The van der Waals surface area contributed by atoms with Crippen LogP contribution in [0.1, 0.15) is 12.0 Å². The van der Waals surface area contributed by atoms with Gasteiger partial charge in [-0.05, 0) is 24.6 Å². The molecule has 0 bridgehead atoms. The molecule has 1 aromatic carbocycles. The van der Waals surface area contributed by atoms with Crippen molar-refractivity contribution in [2.24, 2.45) is 0 Å². The predicted octanol–water partition coefficient (Wildman–Crippen LogP) is 3.47. The summed E-state index contributed by atoms with van der Waals surface area (Å²) >= 11 is 6.07. The van der Waals surface area contributed by atoms with Crippen LogP contribution in [-0.4, -0.2) is 33.9 Å². The van der Waals surface area contributed by atoms with E-state index in [1.807, 2.05) is 0 Å². The molecule has 24 heavy (non-hydrogen) atoms. The molecule has 6 nitrogen and oxygen atoms in total. The van der Waals surface area contributed by atoms with Crippen LogP contribution in [0.25, 0.3) is 0 Å². The maximum absolute atomic E-state index is 13.9. The summed E-state index contributed by atoms with van der Waals surface area (Å²) in [5.74, 6) is 0.298. The summed E-state index contributed by atoms with van der Waals surface area (Å²) in [7, 11) is 0. The molecule has 1 unspecified atom stereocenters. The van der Waals surface area contributed by atoms with Crippen molar-refractivity contribution >= 4 is 23.1 Å². The summed E-state index contributed by atoms with van der Waals surface area (Å²) in [6, 6.07) is 7.86. The average molecular weight is 351 g/mol. The maximum Gasteiger partial charge on any atom is 0.287 e. The zero-order valence-electron chi connectivity index (χ0n) is 12.8. The summed E-state index contributed by atoms with van der Waals surface area (Å²) in [5, 5.41) is 14.3. The van der Waals surface area contributed by atoms with Crippen molar-refractivity contribution in [2.75, 3.05) is 18.4 Å². The van der Waals surface area contributed by atoms with Gasteiger partial charge in [-0.2, -0.15) is 0 Å². The van der Waals surface area contributed by atoms with E-state index in [1.54, 1.807) is 18.2 Å². The summed E-state index contributed by atoms with van der Waals surface area (Å²) < 4.78 is 13.9. The minimum Gasteiger partial charge on any atom is -0.366 e. The van der Waals surface area contributed by atoms with Crippen molar-refractivity contribution in [3.05, 3.63) is 63.0 Å². The second kappa shape index (κ2) is 7.11. The molecule has 0 amide bonds. The number of hydrogen-bond acceptors (Lipinski definition) is 5. The molecule has 0 saturated carbocycles. The molecule has 126 valence electrons. The van der Waals surface area contributed by atoms with E-state index in [9.17, 15) is 14.5 Å². The Morgan fingerprint density at radius 2 is 2.25 bits per heavy atom. The number of nitro groups is 1. The van der Waals surface area contributed by atoms with Crippen LogP contribution in [-0.2, 0) is 6.54 Å². The van der Waals surface area contributed by atoms with Crippen molar-refractivity contribution in [2.45, 2.75) is 19.0 Å². The van der Waals surface area contributed by atoms with Gasteiger partial charge in [0.1, 0.15) is 17.8 Å². The molecule has 2 aromatic rings. The zero-order valence-corrected chi connectivity index (χ0v) is 13.5. The number of nitrogens with zero attached hydrogens (tertiary/aromatic N) is 3. The van der Waals surface area contributed by atoms with E-state index in [0.717, 1.165) is 19.5 Å². The fourth-order valence-electron chi connectivity index (χ4n) is 2.79. The second-order valence-electron chi connectivity index (χ2n) is 5.72. The number of benzene rings is 1. The standard InChI is InChI=1S/C16H16ClFN4O2/c17-14-2-1-3-15(18)13(14)10-21-7-6-11(9-21)20-16-5-4-12(8-19-16)22(23)24/h1-5,8,11H,6-7,9-10H2,(H,19,20). The lowest BCUT2D eigenvalue weighted by molar-refractivity contribution is -0.385. The monoisotopic (exact) mass is 350 g/mol. The van der Waals surface area contributed by atoms with Crippen molar-refractivity contribution in [1.29, 1.82) is 0 Å². The van der Waals surface area contributed by atoms with Gasteiger partial charge in [-0.15, -0.1) is 0 Å². The molecule has 1 aliphatic heterocycles. The van der Waals surface area contributed by atoms with Gasteiger partial charge in [0.05, 0.1) is 4.92 Å². The highest BCUT2D eigenvalue weighted by atomic mass is 35.5. The SMILES string of the molecule is O=[N+]([O-])c1ccc(NC2CCN(Cc3c(F)cccc3Cl)C2)nc1. The minimum atomic E-state index is -0.480. The molecule has 1 fully saturated rings. The minimum absolute atomic E-state index is 0.0391. The van der Waals surface area contributed by atoms with Crippen LogP contribution in [0, 0.1) is 15.9 Å². The second-order valence-corrected chi connectivity index (χ2v) is 6.13. The molecule has 1 aliphatic rings. The number of hydrogen-bond donors (Lipinski definition) is 1. The zero-order chi connectivity index (χ0) is 17.1. The van der Waals surface area contributed by atoms with Gasteiger partial charge in [-0.1, -0.05) is 17.7 Å². The van der Waals surface area contributed by atoms with Crippen molar-refractivity contribution in [1.82, 2.24) is 9.88 Å². The van der Waals surface area contributed by atoms with Gasteiger partial charge < -0.3 is 5.32 Å². The maximum atomic E-state index is 13.9. The third kappa shape index (κ3) is 3.80. The van der Waals surface area contributed by atoms with Crippen LogP contribution >= 0.6 is 11.6 Å². The molecule has 0 spiro atoms. The summed E-state index contributed by atoms with van der Waals surface area (Å²) in [6.45, 7) is 2.00. The first kappa shape index (κ1) is 16.6. The smallest absolute Gasteiger partial charge is 0.287 e. The Bertz CT molecular complexity index is 721. The lowest BCUT2D eigenvalue weighted by atomic mass is 10.2. The number of aromatic nitrogens is 1. The van der Waals surface area contributed by atoms with E-state index in [2.05, 4.69) is 15.2 Å². The van der Waals surface area contributed by atoms with Crippen LogP contribution in [0.5, 0.6) is 0 Å². The average Bonchev–Trinajstić information content (AvgIpc) is 2.99. The van der Waals surface area contributed by atoms with Gasteiger partial charge in [0.25, 0.3) is 5.69 Å². The highest BCUT2D eigenvalue weighted by Gasteiger charge is 2.24. The Kier molecular flexibility index (Phi) is 4.92. The van der Waals surface area contributed by atoms with E-state index < -0.39 is 4.92 Å². The third-order valence-corrected chi connectivity index (χ3v) is 4.38. The Morgan fingerprint density at radius 1 is 1.42 bits per heavy atom. The number of anilines is 1. The molecule has 1 N–H and O–H groups in total. The highest BCUT2D eigenvalue weighted by Crippen LogP contribution is 2.24. The fraction of sp³-hybridized carbons (Fsp3) is 0.312. The third-order valence-electron chi connectivity index (χ3n) is 4.03. The predicted molar refractivity (Wildman–Crippen MR) is 89.6 cm³/mol. The molecule has 3 rings (SSSR count). The van der Waals surface area contributed by atoms with E-state index >= 15 is 0 Å². The van der Waals surface area contributed by atoms with Crippen LogP contribution in [0.4, 0.5) is 15.9 Å². The summed E-state index contributed by atoms with van der Waals surface area (Å²) in [6.07, 6.45) is 2.11. The Morgan fingerprint density at radius 3 is 2.92 bits per heavy atom. The summed E-state index contributed by atoms with van der Waals surface area (Å²) in [4.78, 5) is 16.3. The van der Waals surface area contributed by atoms with Crippen LogP contribution < -0.4 is 5.32 Å². The lowest BCUT2D eigenvalue weighted by Gasteiger charge is -2.18. The van der Waals surface area contributed by atoms with Gasteiger partial charge in [0.2, 0.25) is 0 Å². The Hall–Kier alpha value is -2.25. The van der Waals surface area contributed by atoms with Crippen molar-refractivity contribution in [3.8, 4) is 0 Å². The first-order valence-electron chi connectivity index (χ1n) is 7.55. The number of nitrogens with one attached hydrogen (secondary N) is 1. The number of likely N-dealkylation sites (tertiary alicyclic amines) is 1. The topological polar surface area (TPSA) is 71.3 Å². The molecular formula is C16H16ClFN4O2. The molecule has 0 aliphatic carbocycles. The summed E-state index contributed by atoms with van der Waals surface area (Å²) in [5.41, 5.74) is 0.469. The van der Waals surface area contributed by atoms with E-state index in [0.29, 0.717) is 22.9 Å². The number of pyridine rings is 1. The van der Waals surface area contributed by atoms with Gasteiger partial charge in [-0.25, -0.2) is 9.37 Å². The molecule has 1 atom stereocenters. The van der Waals surface area contributed by atoms with Crippen molar-refractivity contribution in [3.63, 3.8) is 0 Å². The highest BCUT2D eigenvalue weighted by molar-refractivity contribution is 6.31. The Labute approximate surface area is 143 Å². The van der Waals surface area contributed by atoms with Gasteiger partial charge >= 0.3 is 0 Å². The van der Waals surface area contributed by atoms with Gasteiger partial charge in [0, 0.05) is 42.3 Å². The van der Waals surface area contributed by atoms with Crippen molar-refractivity contribution < 1.29 is 9.31 Å². The van der Waals surface area contributed by atoms with Gasteiger partial charge in [-0.3, -0.25) is 15.0 Å². The van der Waals surface area contributed by atoms with Gasteiger partial charge in [0.15, 0.2) is 0 Å². The first-order valence-corrected chi connectivity index (χ1v) is 7.93. The molecule has 1 saturated heterocycles. The van der Waals surface area contributed by atoms with E-state index in [4.69, 9.17) is 11.6 Å². The van der Waals surface area contributed by atoms with Crippen LogP contribution in [0.2, 0.25) is 5.02 Å². The van der Waals surface area contributed by atoms with Crippen LogP contribution in [0.3, 0.4) is 0 Å². The molecule has 2 heterocycles. The quantitative estimate of drug-likeness (QED) is 0.660. The molecule has 1 aromatic heterocycles. The van der Waals surface area contributed by atoms with E-state index in [-0.39, 0.29) is 17.5 Å². The Balaban J connectivity index is 1.58. The molecule has 0 radical (unpaired) electrons. The fourth-order valence-corrected chi connectivity index (χ4v) is 3.01. The lowest BCUT2D eigenvalue weighted by Crippen LogP contribution is -2.26. The first-order chi connectivity index (χ1) is 11.5. The normalized spacial score (nSPS) is 17.8. The molecular weight excluding hydrogens is 335 g/mol. The number of rotatable bonds is 5.